The molecule has 190 valence electrons. The van der Waals surface area contributed by atoms with Gasteiger partial charge < -0.3 is 14.2 Å². The second-order valence-electron chi connectivity index (χ2n) is 8.23. The molecule has 1 aromatic heterocycles. The Morgan fingerprint density at radius 1 is 0.838 bits per heavy atom. The minimum Gasteiger partial charge on any atom is -0.493 e. The van der Waals surface area contributed by atoms with E-state index in [9.17, 15) is 18.0 Å². The van der Waals surface area contributed by atoms with Gasteiger partial charge >= 0.3 is 0 Å². The van der Waals surface area contributed by atoms with Crippen LogP contribution in [-0.2, 0) is 17.6 Å². The third-order valence-corrected chi connectivity index (χ3v) is 5.93. The summed E-state index contributed by atoms with van der Waals surface area (Å²) in [6.45, 7) is 0. The standard InChI is InChI=1S/C28H22F3NO4S/c1-34-27-14-22-25(15-28(27)35-2)32-8-7-26(22)36-20-5-3-16(24(31)13-20)11-21(37)12-19(33)10-17-9-18(29)4-6-23(17)30/h3-9,13-15H,10-12H2,1-2H3. The molecule has 3 aromatic carbocycles. The number of halogens is 3. The van der Waals surface area contributed by atoms with E-state index < -0.39 is 17.5 Å². The van der Waals surface area contributed by atoms with Crippen LogP contribution in [0.25, 0.3) is 10.9 Å². The Kier molecular flexibility index (Phi) is 8.03. The SMILES string of the molecule is COc1cc2nccc(Oc3ccc(CC(=S)CC(=O)Cc4cc(F)ccc4F)c(F)c3)c2cc1OC. The van der Waals surface area contributed by atoms with Gasteiger partial charge in [-0.2, -0.15) is 0 Å². The molecule has 9 heteroatoms. The number of Topliss-reactive ketones (excluding diaryl/α,β-unsaturated/α-hetero) is 1. The lowest BCUT2D eigenvalue weighted by atomic mass is 10.0. The lowest BCUT2D eigenvalue weighted by molar-refractivity contribution is -0.117. The monoisotopic (exact) mass is 525 g/mol. The third kappa shape index (κ3) is 6.24. The molecule has 0 fully saturated rings. The van der Waals surface area contributed by atoms with E-state index in [4.69, 9.17) is 26.4 Å². The Bertz CT molecular complexity index is 1490. The van der Waals surface area contributed by atoms with E-state index >= 15 is 0 Å². The first kappa shape index (κ1) is 26.1. The number of benzene rings is 3. The average molecular weight is 526 g/mol. The first-order valence-electron chi connectivity index (χ1n) is 11.2. The summed E-state index contributed by atoms with van der Waals surface area (Å²) in [6.07, 6.45) is 1.15. The highest BCUT2D eigenvalue weighted by Gasteiger charge is 2.15. The maximum atomic E-state index is 14.9. The van der Waals surface area contributed by atoms with Gasteiger partial charge in [0.2, 0.25) is 0 Å². The van der Waals surface area contributed by atoms with Crippen LogP contribution in [0.2, 0.25) is 0 Å². The Morgan fingerprint density at radius 3 is 2.32 bits per heavy atom. The van der Waals surface area contributed by atoms with Crippen LogP contribution in [0.3, 0.4) is 0 Å². The van der Waals surface area contributed by atoms with Crippen LogP contribution in [0.5, 0.6) is 23.0 Å². The summed E-state index contributed by atoms with van der Waals surface area (Å²) in [5.41, 5.74) is 0.855. The highest BCUT2D eigenvalue weighted by molar-refractivity contribution is 7.80. The number of thiocarbonyl (C=S) groups is 1. The maximum Gasteiger partial charge on any atom is 0.162 e. The molecule has 4 aromatic rings. The largest absolute Gasteiger partial charge is 0.493 e. The molecule has 0 saturated carbocycles. The number of carbonyl (C=O) groups excluding carboxylic acids is 1. The lowest BCUT2D eigenvalue weighted by Gasteiger charge is -2.13. The minimum absolute atomic E-state index is 0.0357. The summed E-state index contributed by atoms with van der Waals surface area (Å²) in [6, 6.07) is 12.4. The molecule has 0 N–H and O–H groups in total. The van der Waals surface area contributed by atoms with Gasteiger partial charge in [0.15, 0.2) is 11.5 Å². The zero-order chi connectivity index (χ0) is 26.5. The molecule has 0 atom stereocenters. The third-order valence-electron chi connectivity index (χ3n) is 5.64. The fraction of sp³-hybridized carbons (Fsp3) is 0.179. The summed E-state index contributed by atoms with van der Waals surface area (Å²) in [7, 11) is 3.05. The van der Waals surface area contributed by atoms with Crippen LogP contribution in [0, 0.1) is 17.5 Å². The van der Waals surface area contributed by atoms with Crippen molar-refractivity contribution in [2.24, 2.45) is 0 Å². The number of hydrogen-bond acceptors (Lipinski definition) is 6. The van der Waals surface area contributed by atoms with Gasteiger partial charge in [0, 0.05) is 47.8 Å². The molecule has 4 rings (SSSR count). The van der Waals surface area contributed by atoms with Gasteiger partial charge in [-0.3, -0.25) is 9.78 Å². The van der Waals surface area contributed by atoms with E-state index in [2.05, 4.69) is 4.98 Å². The molecular weight excluding hydrogens is 503 g/mol. The Morgan fingerprint density at radius 2 is 1.59 bits per heavy atom. The highest BCUT2D eigenvalue weighted by Crippen LogP contribution is 2.37. The van der Waals surface area contributed by atoms with E-state index in [1.54, 1.807) is 30.5 Å². The molecule has 5 nitrogen and oxygen atoms in total. The summed E-state index contributed by atoms with van der Waals surface area (Å²) in [5.74, 6) is -0.511. The number of nitrogens with zero attached hydrogens (tertiary/aromatic N) is 1. The van der Waals surface area contributed by atoms with Crippen molar-refractivity contribution in [1.82, 2.24) is 4.98 Å². The van der Waals surface area contributed by atoms with Crippen LogP contribution in [0.4, 0.5) is 13.2 Å². The first-order chi connectivity index (χ1) is 17.8. The quantitative estimate of drug-likeness (QED) is 0.218. The number of ether oxygens (including phenoxy) is 3. The van der Waals surface area contributed by atoms with Gasteiger partial charge in [-0.15, -0.1) is 0 Å². The number of pyridine rings is 1. The van der Waals surface area contributed by atoms with Crippen molar-refractivity contribution in [3.63, 3.8) is 0 Å². The fourth-order valence-corrected chi connectivity index (χ4v) is 4.16. The molecular formula is C28H22F3NO4S. The van der Waals surface area contributed by atoms with Crippen molar-refractivity contribution in [2.45, 2.75) is 19.3 Å². The zero-order valence-electron chi connectivity index (χ0n) is 20.0. The number of rotatable bonds is 10. The Hall–Kier alpha value is -3.98. The van der Waals surface area contributed by atoms with Gasteiger partial charge in [0.1, 0.15) is 34.7 Å². The molecule has 0 amide bonds. The molecule has 0 aliphatic rings. The average Bonchev–Trinajstić information content (AvgIpc) is 2.87. The molecule has 0 spiro atoms. The van der Waals surface area contributed by atoms with Crippen molar-refractivity contribution in [3.05, 3.63) is 89.4 Å². The van der Waals surface area contributed by atoms with Crippen LogP contribution in [-0.4, -0.2) is 29.9 Å². The number of ketones is 1. The summed E-state index contributed by atoms with van der Waals surface area (Å²) >= 11 is 5.27. The van der Waals surface area contributed by atoms with Crippen LogP contribution >= 0.6 is 12.2 Å². The van der Waals surface area contributed by atoms with Crippen LogP contribution in [0.1, 0.15) is 17.5 Å². The molecule has 1 heterocycles. The zero-order valence-corrected chi connectivity index (χ0v) is 20.8. The van der Waals surface area contributed by atoms with E-state index in [0.29, 0.717) is 28.2 Å². The summed E-state index contributed by atoms with van der Waals surface area (Å²) < 4.78 is 58.6. The van der Waals surface area contributed by atoms with Crippen LogP contribution in [0.15, 0.2) is 60.8 Å². The highest BCUT2D eigenvalue weighted by atomic mass is 32.1. The molecule has 0 bridgehead atoms. The van der Waals surface area contributed by atoms with Gasteiger partial charge in [-0.1, -0.05) is 18.3 Å². The smallest absolute Gasteiger partial charge is 0.162 e. The molecule has 0 saturated heterocycles. The number of methoxy groups -OCH3 is 2. The van der Waals surface area contributed by atoms with Crippen molar-refractivity contribution < 1.29 is 32.2 Å². The van der Waals surface area contributed by atoms with E-state index in [-0.39, 0.29) is 46.8 Å². The van der Waals surface area contributed by atoms with Gasteiger partial charge in [-0.05, 0) is 47.5 Å². The topological polar surface area (TPSA) is 57.7 Å². The van der Waals surface area contributed by atoms with Gasteiger partial charge in [0.25, 0.3) is 0 Å². The Balaban J connectivity index is 1.44. The van der Waals surface area contributed by atoms with E-state index in [1.807, 2.05) is 0 Å². The van der Waals surface area contributed by atoms with E-state index in [0.717, 1.165) is 18.2 Å². The normalized spacial score (nSPS) is 10.8. The van der Waals surface area contributed by atoms with Gasteiger partial charge in [0.05, 0.1) is 19.7 Å². The number of fused-ring (bicyclic) bond motifs is 1. The molecule has 37 heavy (non-hydrogen) atoms. The second kappa shape index (κ2) is 11.4. The fourth-order valence-electron chi connectivity index (χ4n) is 3.85. The lowest BCUT2D eigenvalue weighted by Crippen LogP contribution is -2.12. The van der Waals surface area contributed by atoms with Crippen LogP contribution < -0.4 is 14.2 Å². The molecule has 0 aliphatic heterocycles. The number of carbonyl (C=O) groups is 1. The Labute approximate surface area is 216 Å². The predicted molar refractivity (Wildman–Crippen MR) is 137 cm³/mol. The molecule has 0 aliphatic carbocycles. The van der Waals surface area contributed by atoms with Crippen molar-refractivity contribution in [3.8, 4) is 23.0 Å². The maximum absolute atomic E-state index is 14.9. The second-order valence-corrected chi connectivity index (χ2v) is 8.81. The van der Waals surface area contributed by atoms with Crippen molar-refractivity contribution in [2.75, 3.05) is 14.2 Å². The van der Waals surface area contributed by atoms with Crippen molar-refractivity contribution in [1.29, 1.82) is 0 Å². The summed E-state index contributed by atoms with van der Waals surface area (Å²) in [4.78, 5) is 16.9. The minimum atomic E-state index is -0.665. The predicted octanol–water partition coefficient (Wildman–Crippen LogP) is 6.58. The molecule has 0 unspecified atom stereocenters. The molecule has 0 radical (unpaired) electrons. The van der Waals surface area contributed by atoms with E-state index in [1.165, 1.54) is 26.4 Å². The first-order valence-corrected chi connectivity index (χ1v) is 11.6. The number of hydrogen-bond donors (Lipinski definition) is 0. The van der Waals surface area contributed by atoms with Gasteiger partial charge in [-0.25, -0.2) is 13.2 Å². The number of aromatic nitrogens is 1. The summed E-state index contributed by atoms with van der Waals surface area (Å²) in [5, 5.41) is 0.652. The van der Waals surface area contributed by atoms with Crippen molar-refractivity contribution >= 4 is 33.8 Å².